The largest absolute Gasteiger partial charge is 0.463 e. The van der Waals surface area contributed by atoms with Crippen LogP contribution in [0.2, 0.25) is 6.04 Å². The molecule has 0 aliphatic heterocycles. The zero-order valence-corrected chi connectivity index (χ0v) is 12.7. The van der Waals surface area contributed by atoms with Gasteiger partial charge in [-0.1, -0.05) is 36.4 Å². The summed E-state index contributed by atoms with van der Waals surface area (Å²) in [6.45, 7) is -0.313. The van der Waals surface area contributed by atoms with E-state index in [4.69, 9.17) is 26.9 Å². The van der Waals surface area contributed by atoms with E-state index < -0.39 is 6.69 Å². The first kappa shape index (κ1) is 15.3. The lowest BCUT2D eigenvalue weighted by Crippen LogP contribution is -2.36. The van der Waals surface area contributed by atoms with Crippen LogP contribution in [0.15, 0.2) is 42.5 Å². The Balaban J connectivity index is 2.37. The summed E-state index contributed by atoms with van der Waals surface area (Å²) in [6, 6.07) is 10.3. The van der Waals surface area contributed by atoms with Gasteiger partial charge in [-0.15, -0.1) is 22.2 Å². The standard InChI is InChI=1S/C13H16Cl2O2Si/c1-2-7-13(16)17-10-6-11-18(14,15)12-8-4-3-5-9-12/h2-5,7-9H,6,10-11H2,1H3. The summed E-state index contributed by atoms with van der Waals surface area (Å²) in [6.07, 6.45) is 3.72. The van der Waals surface area contributed by atoms with Crippen molar-refractivity contribution in [2.45, 2.75) is 19.4 Å². The summed E-state index contributed by atoms with van der Waals surface area (Å²) in [5.41, 5.74) is 0. The van der Waals surface area contributed by atoms with Gasteiger partial charge >= 0.3 is 5.97 Å². The summed E-state index contributed by atoms with van der Waals surface area (Å²) in [5.74, 6) is -0.325. The minimum atomic E-state index is -2.43. The summed E-state index contributed by atoms with van der Waals surface area (Å²) in [7, 11) is 0. The van der Waals surface area contributed by atoms with Crippen molar-refractivity contribution in [1.82, 2.24) is 0 Å². The Hall–Kier alpha value is -0.773. The van der Waals surface area contributed by atoms with Crippen LogP contribution in [0.3, 0.4) is 0 Å². The van der Waals surface area contributed by atoms with E-state index in [1.54, 1.807) is 13.0 Å². The molecule has 0 radical (unpaired) electrons. The maximum atomic E-state index is 11.1. The Morgan fingerprint density at radius 3 is 2.61 bits per heavy atom. The van der Waals surface area contributed by atoms with Crippen molar-refractivity contribution in [1.29, 1.82) is 0 Å². The van der Waals surface area contributed by atoms with E-state index >= 15 is 0 Å². The highest BCUT2D eigenvalue weighted by Crippen LogP contribution is 2.22. The molecule has 0 aliphatic rings. The molecule has 0 aromatic heterocycles. The molecule has 0 N–H and O–H groups in total. The average molecular weight is 303 g/mol. The summed E-state index contributed by atoms with van der Waals surface area (Å²) in [5, 5.41) is 0.994. The van der Waals surface area contributed by atoms with Gasteiger partial charge in [0.05, 0.1) is 6.61 Å². The second-order valence-corrected chi connectivity index (χ2v) is 10.8. The van der Waals surface area contributed by atoms with Crippen LogP contribution in [0.4, 0.5) is 0 Å². The van der Waals surface area contributed by atoms with Gasteiger partial charge in [-0.2, -0.15) is 0 Å². The molecule has 0 aliphatic carbocycles. The molecule has 0 spiro atoms. The van der Waals surface area contributed by atoms with Crippen LogP contribution >= 0.6 is 22.2 Å². The molecule has 98 valence electrons. The van der Waals surface area contributed by atoms with Crippen LogP contribution < -0.4 is 5.19 Å². The number of allylic oxidation sites excluding steroid dienone is 1. The molecule has 0 saturated heterocycles. The Morgan fingerprint density at radius 2 is 2.00 bits per heavy atom. The minimum absolute atomic E-state index is 0.325. The third kappa shape index (κ3) is 5.25. The zero-order chi connectivity index (χ0) is 13.4. The first-order valence-electron chi connectivity index (χ1n) is 5.79. The molecule has 0 fully saturated rings. The fourth-order valence-electron chi connectivity index (χ4n) is 1.48. The van der Waals surface area contributed by atoms with E-state index in [-0.39, 0.29) is 5.97 Å². The molecule has 0 amide bonds. The Morgan fingerprint density at radius 1 is 1.33 bits per heavy atom. The summed E-state index contributed by atoms with van der Waals surface area (Å²) < 4.78 is 4.99. The molecule has 0 bridgehead atoms. The third-order valence-electron chi connectivity index (χ3n) is 2.38. The normalized spacial score (nSPS) is 11.7. The SMILES string of the molecule is CC=CC(=O)OCCC[Si](Cl)(Cl)c1ccccc1. The number of benzene rings is 1. The van der Waals surface area contributed by atoms with Crippen molar-refractivity contribution < 1.29 is 9.53 Å². The van der Waals surface area contributed by atoms with Crippen molar-refractivity contribution in [3.8, 4) is 0 Å². The smallest absolute Gasteiger partial charge is 0.330 e. The van der Waals surface area contributed by atoms with Crippen LogP contribution in [0.5, 0.6) is 0 Å². The van der Waals surface area contributed by atoms with Gasteiger partial charge in [0.25, 0.3) is 6.69 Å². The predicted molar refractivity (Wildman–Crippen MR) is 78.7 cm³/mol. The molecule has 2 nitrogen and oxygen atoms in total. The molecule has 0 unspecified atom stereocenters. The number of rotatable bonds is 6. The second kappa shape index (κ2) is 7.62. The highest BCUT2D eigenvalue weighted by Gasteiger charge is 2.30. The van der Waals surface area contributed by atoms with E-state index in [2.05, 4.69) is 0 Å². The molecule has 1 aromatic carbocycles. The molecule has 1 aromatic rings. The lowest BCUT2D eigenvalue weighted by Gasteiger charge is -2.16. The fraction of sp³-hybridized carbons (Fsp3) is 0.308. The molecule has 1 rings (SSSR count). The summed E-state index contributed by atoms with van der Waals surface area (Å²) >= 11 is 12.8. The summed E-state index contributed by atoms with van der Waals surface area (Å²) in [4.78, 5) is 11.1. The van der Waals surface area contributed by atoms with Crippen molar-refractivity contribution in [3.63, 3.8) is 0 Å². The molecule has 0 atom stereocenters. The molecule has 5 heteroatoms. The van der Waals surface area contributed by atoms with Crippen LogP contribution in [-0.4, -0.2) is 19.3 Å². The number of carbonyl (C=O) groups is 1. The number of esters is 1. The monoisotopic (exact) mass is 302 g/mol. The quantitative estimate of drug-likeness (QED) is 0.265. The molecule has 0 saturated carbocycles. The predicted octanol–water partition coefficient (Wildman–Crippen LogP) is 3.32. The molecule has 18 heavy (non-hydrogen) atoms. The van der Waals surface area contributed by atoms with Crippen molar-refractivity contribution in [3.05, 3.63) is 42.5 Å². The van der Waals surface area contributed by atoms with Crippen LogP contribution in [0, 0.1) is 0 Å². The topological polar surface area (TPSA) is 26.3 Å². The van der Waals surface area contributed by atoms with E-state index in [1.165, 1.54) is 6.08 Å². The lowest BCUT2D eigenvalue weighted by atomic mass is 10.4. The van der Waals surface area contributed by atoms with E-state index in [1.807, 2.05) is 30.3 Å². The average Bonchev–Trinajstić information content (AvgIpc) is 2.36. The number of halogens is 2. The van der Waals surface area contributed by atoms with Gasteiger partial charge in [-0.05, 0) is 24.6 Å². The lowest BCUT2D eigenvalue weighted by molar-refractivity contribution is -0.137. The van der Waals surface area contributed by atoms with E-state index in [0.29, 0.717) is 19.1 Å². The number of carbonyl (C=O) groups excluding carboxylic acids is 1. The van der Waals surface area contributed by atoms with Crippen LogP contribution in [0.25, 0.3) is 0 Å². The third-order valence-corrected chi connectivity index (χ3v) is 6.98. The minimum Gasteiger partial charge on any atom is -0.463 e. The van der Waals surface area contributed by atoms with Crippen LogP contribution in [-0.2, 0) is 9.53 Å². The van der Waals surface area contributed by atoms with Crippen molar-refractivity contribution in [2.75, 3.05) is 6.61 Å². The molecular weight excluding hydrogens is 287 g/mol. The van der Waals surface area contributed by atoms with Crippen molar-refractivity contribution >= 4 is 40.0 Å². The van der Waals surface area contributed by atoms with E-state index in [9.17, 15) is 4.79 Å². The second-order valence-electron chi connectivity index (χ2n) is 3.84. The Labute approximate surface area is 118 Å². The van der Waals surface area contributed by atoms with Gasteiger partial charge in [0.15, 0.2) is 0 Å². The molecular formula is C13H16Cl2O2Si. The Bertz CT molecular complexity index is 405. The fourth-order valence-corrected chi connectivity index (χ4v) is 4.59. The Kier molecular flexibility index (Phi) is 6.47. The van der Waals surface area contributed by atoms with Gasteiger partial charge in [0.1, 0.15) is 0 Å². The van der Waals surface area contributed by atoms with Gasteiger partial charge in [-0.3, -0.25) is 0 Å². The number of hydrogen-bond donors (Lipinski definition) is 0. The van der Waals surface area contributed by atoms with Crippen molar-refractivity contribution in [2.24, 2.45) is 0 Å². The van der Waals surface area contributed by atoms with Gasteiger partial charge in [-0.25, -0.2) is 4.79 Å². The van der Waals surface area contributed by atoms with Crippen LogP contribution in [0.1, 0.15) is 13.3 Å². The van der Waals surface area contributed by atoms with Gasteiger partial charge in [0, 0.05) is 6.08 Å². The number of ether oxygens (including phenoxy) is 1. The molecule has 0 heterocycles. The highest BCUT2D eigenvalue weighted by atomic mass is 35.7. The van der Waals surface area contributed by atoms with Gasteiger partial charge < -0.3 is 4.74 Å². The maximum absolute atomic E-state index is 11.1. The number of hydrogen-bond acceptors (Lipinski definition) is 2. The van der Waals surface area contributed by atoms with E-state index in [0.717, 1.165) is 5.19 Å². The maximum Gasteiger partial charge on any atom is 0.330 e. The zero-order valence-electron chi connectivity index (χ0n) is 10.2. The highest BCUT2D eigenvalue weighted by molar-refractivity contribution is 7.50. The first-order chi connectivity index (χ1) is 8.56. The first-order valence-corrected chi connectivity index (χ1v) is 10.0. The van der Waals surface area contributed by atoms with Gasteiger partial charge in [0.2, 0.25) is 0 Å².